The topological polar surface area (TPSA) is 90.5 Å². The monoisotopic (exact) mass is 344 g/mol. The van der Waals surface area contributed by atoms with Crippen LogP contribution in [-0.2, 0) is 16.1 Å². The average Bonchev–Trinajstić information content (AvgIpc) is 2.92. The van der Waals surface area contributed by atoms with E-state index in [1.165, 1.54) is 0 Å². The lowest BCUT2D eigenvalue weighted by atomic mass is 9.97. The molecule has 1 aromatic rings. The lowest BCUT2D eigenvalue weighted by Crippen LogP contribution is -2.55. The number of carbonyl (C=O) groups is 3. The Morgan fingerprint density at radius 1 is 1.32 bits per heavy atom. The minimum atomic E-state index is -0.582. The number of amides is 4. The third kappa shape index (κ3) is 3.45. The van der Waals surface area contributed by atoms with Gasteiger partial charge >= 0.3 is 6.03 Å². The van der Waals surface area contributed by atoms with Crippen LogP contribution >= 0.6 is 0 Å². The van der Waals surface area contributed by atoms with Gasteiger partial charge in [0.2, 0.25) is 11.8 Å². The molecule has 3 atom stereocenters. The van der Waals surface area contributed by atoms with E-state index >= 15 is 0 Å². The highest BCUT2D eigenvalue weighted by atomic mass is 16.2. The summed E-state index contributed by atoms with van der Waals surface area (Å²) in [6, 6.07) is 5.99. The number of hydrogen-bond donors (Lipinski definition) is 3. The van der Waals surface area contributed by atoms with Crippen LogP contribution in [0, 0.1) is 5.92 Å². The highest BCUT2D eigenvalue weighted by Crippen LogP contribution is 2.27. The zero-order valence-electron chi connectivity index (χ0n) is 14.5. The molecule has 3 rings (SSSR count). The zero-order chi connectivity index (χ0) is 18.0. The van der Waals surface area contributed by atoms with Gasteiger partial charge in [0.15, 0.2) is 0 Å². The molecule has 0 spiro atoms. The molecule has 134 valence electrons. The second-order valence-corrected chi connectivity index (χ2v) is 6.69. The number of urea groups is 1. The van der Waals surface area contributed by atoms with Crippen molar-refractivity contribution >= 4 is 23.5 Å². The van der Waals surface area contributed by atoms with E-state index in [4.69, 9.17) is 0 Å². The molecule has 1 aromatic carbocycles. The lowest BCUT2D eigenvalue weighted by Gasteiger charge is -2.33. The van der Waals surface area contributed by atoms with E-state index in [0.29, 0.717) is 19.5 Å². The molecule has 0 aromatic heterocycles. The van der Waals surface area contributed by atoms with Crippen LogP contribution in [-0.4, -0.2) is 41.4 Å². The van der Waals surface area contributed by atoms with Crippen molar-refractivity contribution in [2.45, 2.75) is 45.3 Å². The van der Waals surface area contributed by atoms with Gasteiger partial charge in [-0.2, -0.15) is 0 Å². The Bertz CT molecular complexity index is 691. The summed E-state index contributed by atoms with van der Waals surface area (Å²) in [5.74, 6) is -0.365. The van der Waals surface area contributed by atoms with Crippen molar-refractivity contribution < 1.29 is 14.4 Å². The van der Waals surface area contributed by atoms with Crippen molar-refractivity contribution in [3.8, 4) is 0 Å². The maximum absolute atomic E-state index is 12.9. The van der Waals surface area contributed by atoms with Crippen LogP contribution in [0.3, 0.4) is 0 Å². The van der Waals surface area contributed by atoms with Crippen LogP contribution in [0.4, 0.5) is 10.5 Å². The van der Waals surface area contributed by atoms with Gasteiger partial charge in [-0.3, -0.25) is 9.59 Å². The highest BCUT2D eigenvalue weighted by Gasteiger charge is 2.38. The molecule has 3 N–H and O–H groups in total. The summed E-state index contributed by atoms with van der Waals surface area (Å²) < 4.78 is 0. The maximum atomic E-state index is 12.9. The first kappa shape index (κ1) is 17.3. The molecule has 4 amide bonds. The first-order valence-corrected chi connectivity index (χ1v) is 8.75. The fraction of sp³-hybridized carbons (Fsp3) is 0.500. The second-order valence-electron chi connectivity index (χ2n) is 6.69. The number of para-hydroxylation sites is 1. The van der Waals surface area contributed by atoms with Crippen molar-refractivity contribution in [3.05, 3.63) is 29.8 Å². The van der Waals surface area contributed by atoms with Gasteiger partial charge in [0.1, 0.15) is 12.1 Å². The molecule has 0 aliphatic carbocycles. The minimum Gasteiger partial charge on any atom is -0.354 e. The second kappa shape index (κ2) is 7.13. The summed E-state index contributed by atoms with van der Waals surface area (Å²) in [5.41, 5.74) is 1.61. The van der Waals surface area contributed by atoms with Gasteiger partial charge in [0.25, 0.3) is 0 Å². The summed E-state index contributed by atoms with van der Waals surface area (Å²) in [5, 5.41) is 8.42. The molecular formula is C18H24N4O3. The van der Waals surface area contributed by atoms with Crippen LogP contribution in [0.25, 0.3) is 0 Å². The Labute approximate surface area is 147 Å². The van der Waals surface area contributed by atoms with E-state index in [-0.39, 0.29) is 23.8 Å². The first-order chi connectivity index (χ1) is 12.0. The molecule has 2 aliphatic rings. The van der Waals surface area contributed by atoms with Crippen LogP contribution in [0.15, 0.2) is 24.3 Å². The Hall–Kier alpha value is -2.57. The summed E-state index contributed by atoms with van der Waals surface area (Å²) >= 11 is 0. The molecule has 1 fully saturated rings. The van der Waals surface area contributed by atoms with Crippen molar-refractivity contribution in [3.63, 3.8) is 0 Å². The smallest absolute Gasteiger partial charge is 0.319 e. The average molecular weight is 344 g/mol. The first-order valence-electron chi connectivity index (χ1n) is 8.75. The number of carbonyl (C=O) groups excluding carboxylic acids is 3. The van der Waals surface area contributed by atoms with Crippen molar-refractivity contribution in [1.82, 2.24) is 15.5 Å². The molecule has 25 heavy (non-hydrogen) atoms. The van der Waals surface area contributed by atoms with Crippen molar-refractivity contribution in [2.75, 3.05) is 11.9 Å². The van der Waals surface area contributed by atoms with E-state index in [9.17, 15) is 14.4 Å². The molecular weight excluding hydrogens is 320 g/mol. The van der Waals surface area contributed by atoms with Gasteiger partial charge in [-0.25, -0.2) is 4.79 Å². The molecule has 1 saturated heterocycles. The fourth-order valence-electron chi connectivity index (χ4n) is 3.36. The molecule has 2 aliphatic heterocycles. The van der Waals surface area contributed by atoms with E-state index in [2.05, 4.69) is 16.0 Å². The SMILES string of the molecule is CCC(C)C1C(=O)Nc2ccccc2CN1C(=O)NC1CCNC1=O. The predicted molar refractivity (Wildman–Crippen MR) is 93.8 cm³/mol. The Morgan fingerprint density at radius 3 is 2.76 bits per heavy atom. The molecule has 0 bridgehead atoms. The standard InChI is InChI=1S/C18H24N4O3/c1-3-11(2)15-17(24)20-13-7-5-4-6-12(13)10-22(15)18(25)21-14-8-9-19-16(14)23/h4-7,11,14-15H,3,8-10H2,1-2H3,(H,19,23)(H,20,24)(H,21,25). The van der Waals surface area contributed by atoms with E-state index in [1.54, 1.807) is 4.90 Å². The van der Waals surface area contributed by atoms with E-state index in [0.717, 1.165) is 17.7 Å². The molecule has 0 saturated carbocycles. The highest BCUT2D eigenvalue weighted by molar-refractivity contribution is 5.99. The number of fused-ring (bicyclic) bond motifs is 1. The zero-order valence-corrected chi connectivity index (χ0v) is 14.5. The van der Waals surface area contributed by atoms with E-state index < -0.39 is 12.1 Å². The minimum absolute atomic E-state index is 0.00235. The summed E-state index contributed by atoms with van der Waals surface area (Å²) in [4.78, 5) is 39.0. The van der Waals surface area contributed by atoms with Crippen LogP contribution in [0.5, 0.6) is 0 Å². The van der Waals surface area contributed by atoms with Crippen LogP contribution < -0.4 is 16.0 Å². The largest absolute Gasteiger partial charge is 0.354 e. The third-order valence-electron chi connectivity index (χ3n) is 5.01. The summed E-state index contributed by atoms with van der Waals surface area (Å²) in [7, 11) is 0. The van der Waals surface area contributed by atoms with Gasteiger partial charge in [-0.1, -0.05) is 38.5 Å². The molecule has 7 heteroatoms. The lowest BCUT2D eigenvalue weighted by molar-refractivity contribution is -0.121. The van der Waals surface area contributed by atoms with Crippen molar-refractivity contribution in [2.24, 2.45) is 5.92 Å². The normalized spacial score (nSPS) is 24.0. The van der Waals surface area contributed by atoms with Gasteiger partial charge < -0.3 is 20.9 Å². The number of hydrogen-bond acceptors (Lipinski definition) is 3. The van der Waals surface area contributed by atoms with Crippen LogP contribution in [0.1, 0.15) is 32.3 Å². The van der Waals surface area contributed by atoms with Crippen LogP contribution in [0.2, 0.25) is 0 Å². The number of rotatable bonds is 3. The van der Waals surface area contributed by atoms with Gasteiger partial charge in [-0.15, -0.1) is 0 Å². The predicted octanol–water partition coefficient (Wildman–Crippen LogP) is 1.45. The molecule has 7 nitrogen and oxygen atoms in total. The van der Waals surface area contributed by atoms with Gasteiger partial charge in [-0.05, 0) is 24.0 Å². The number of anilines is 1. The van der Waals surface area contributed by atoms with Gasteiger partial charge in [0, 0.05) is 12.2 Å². The number of nitrogens with zero attached hydrogens (tertiary/aromatic N) is 1. The molecule has 0 radical (unpaired) electrons. The Morgan fingerprint density at radius 2 is 2.08 bits per heavy atom. The third-order valence-corrected chi connectivity index (χ3v) is 5.01. The fourth-order valence-corrected chi connectivity index (χ4v) is 3.36. The number of benzene rings is 1. The quantitative estimate of drug-likeness (QED) is 0.775. The Balaban J connectivity index is 1.89. The van der Waals surface area contributed by atoms with E-state index in [1.807, 2.05) is 38.1 Å². The number of nitrogens with one attached hydrogen (secondary N) is 3. The Kier molecular flexibility index (Phi) is 4.92. The molecule has 2 heterocycles. The van der Waals surface area contributed by atoms with Crippen molar-refractivity contribution in [1.29, 1.82) is 0 Å². The summed E-state index contributed by atoms with van der Waals surface area (Å²) in [6.45, 7) is 4.84. The maximum Gasteiger partial charge on any atom is 0.319 e. The molecule has 3 unspecified atom stereocenters. The van der Waals surface area contributed by atoms with Gasteiger partial charge in [0.05, 0.1) is 6.54 Å². The summed E-state index contributed by atoms with van der Waals surface area (Å²) in [6.07, 6.45) is 1.33.